The van der Waals surface area contributed by atoms with Gasteiger partial charge in [0.15, 0.2) is 0 Å². The molecule has 0 amide bonds. The lowest BCUT2D eigenvalue weighted by Gasteiger charge is -2.11. The number of hydrogen-bond acceptors (Lipinski definition) is 0. The highest BCUT2D eigenvalue weighted by Crippen LogP contribution is 2.29. The SMILES string of the molecule is C1=Cc2c(c3ccc2=3)C1. The highest BCUT2D eigenvalue weighted by molar-refractivity contribution is 5.66. The van der Waals surface area contributed by atoms with Crippen LogP contribution in [0.15, 0.2) is 18.2 Å². The molecule has 0 saturated carbocycles. The second-order valence-electron chi connectivity index (χ2n) is 2.66. The van der Waals surface area contributed by atoms with Gasteiger partial charge in [0.05, 0.1) is 0 Å². The van der Waals surface area contributed by atoms with Crippen LogP contribution in [-0.2, 0) is 6.42 Å². The maximum atomic E-state index is 2.24. The minimum atomic E-state index is 1.18. The average Bonchev–Trinajstić information content (AvgIpc) is 2.13. The molecule has 0 aromatic carbocycles. The predicted octanol–water partition coefficient (Wildman–Crippen LogP) is 1.86. The van der Waals surface area contributed by atoms with Crippen LogP contribution < -0.4 is 0 Å². The third-order valence-corrected chi connectivity index (χ3v) is 2.25. The fourth-order valence-corrected chi connectivity index (χ4v) is 1.70. The Morgan fingerprint density at radius 1 is 1.11 bits per heavy atom. The summed E-state index contributed by atoms with van der Waals surface area (Å²) in [6, 6.07) is 4.41. The molecular formula is C9H6. The lowest BCUT2D eigenvalue weighted by molar-refractivity contribution is 1.18. The van der Waals surface area contributed by atoms with E-state index < -0.39 is 0 Å². The quantitative estimate of drug-likeness (QED) is 0.490. The van der Waals surface area contributed by atoms with Gasteiger partial charge in [0.1, 0.15) is 0 Å². The highest BCUT2D eigenvalue weighted by atomic mass is 14.2. The van der Waals surface area contributed by atoms with E-state index >= 15 is 0 Å². The van der Waals surface area contributed by atoms with Gasteiger partial charge in [-0.1, -0.05) is 24.3 Å². The fourth-order valence-electron chi connectivity index (χ4n) is 1.70. The lowest BCUT2D eigenvalue weighted by atomic mass is 9.93. The van der Waals surface area contributed by atoms with Gasteiger partial charge < -0.3 is 0 Å². The van der Waals surface area contributed by atoms with Gasteiger partial charge in [0.25, 0.3) is 0 Å². The molecule has 3 aliphatic carbocycles. The van der Waals surface area contributed by atoms with E-state index in [1.54, 1.807) is 5.56 Å². The van der Waals surface area contributed by atoms with Crippen LogP contribution in [0.2, 0.25) is 0 Å². The minimum absolute atomic E-state index is 1.18. The third kappa shape index (κ3) is 0.254. The maximum Gasteiger partial charge on any atom is -0.00818 e. The first-order chi connectivity index (χ1) is 4.47. The Hall–Kier alpha value is -1.04. The van der Waals surface area contributed by atoms with Gasteiger partial charge in [0, 0.05) is 0 Å². The minimum Gasteiger partial charge on any atom is -0.0795 e. The summed E-state index contributed by atoms with van der Waals surface area (Å²) in [6.45, 7) is 0. The Morgan fingerprint density at radius 3 is 2.67 bits per heavy atom. The van der Waals surface area contributed by atoms with E-state index in [1.165, 1.54) is 22.4 Å². The molecule has 0 aliphatic heterocycles. The molecule has 0 unspecified atom stereocenters. The van der Waals surface area contributed by atoms with Gasteiger partial charge in [-0.05, 0) is 28.0 Å². The van der Waals surface area contributed by atoms with Crippen molar-refractivity contribution in [1.29, 1.82) is 0 Å². The van der Waals surface area contributed by atoms with Crippen molar-refractivity contribution in [3.63, 3.8) is 0 Å². The molecular weight excluding hydrogens is 108 g/mol. The summed E-state index contributed by atoms with van der Waals surface area (Å²) in [4.78, 5) is 0. The molecule has 0 aromatic rings. The highest BCUT2D eigenvalue weighted by Gasteiger charge is 2.15. The van der Waals surface area contributed by atoms with Crippen molar-refractivity contribution in [2.75, 3.05) is 0 Å². The second kappa shape index (κ2) is 0.971. The van der Waals surface area contributed by atoms with E-state index in [0.29, 0.717) is 0 Å². The normalized spacial score (nSPS) is 16.0. The number of hydrogen-bond donors (Lipinski definition) is 0. The molecule has 0 nitrogen and oxygen atoms in total. The Bertz CT molecular complexity index is 397. The average molecular weight is 114 g/mol. The van der Waals surface area contributed by atoms with Crippen molar-refractivity contribution in [1.82, 2.24) is 0 Å². The van der Waals surface area contributed by atoms with E-state index in [9.17, 15) is 0 Å². The molecule has 0 radical (unpaired) electrons. The van der Waals surface area contributed by atoms with Crippen molar-refractivity contribution in [2.45, 2.75) is 6.42 Å². The number of benzene rings is 1. The smallest absolute Gasteiger partial charge is 0.00818 e. The van der Waals surface area contributed by atoms with Crippen molar-refractivity contribution < 1.29 is 0 Å². The summed E-state index contributed by atoms with van der Waals surface area (Å²) >= 11 is 0. The molecule has 3 rings (SSSR count). The van der Waals surface area contributed by atoms with E-state index in [1.807, 2.05) is 0 Å². The standard InChI is InChI=1S/C9H6/c1-2-6-7(3-1)9-5-4-8(6)9/h1-2,4-5H,3H2. The number of allylic oxidation sites excluding steroid dienone is 1. The molecule has 0 aromatic heterocycles. The molecule has 0 spiro atoms. The Kier molecular flexibility index (Phi) is 0.419. The molecule has 0 heteroatoms. The molecule has 42 valence electrons. The first-order valence-corrected chi connectivity index (χ1v) is 3.29. The third-order valence-electron chi connectivity index (χ3n) is 2.25. The van der Waals surface area contributed by atoms with Crippen LogP contribution >= 0.6 is 0 Å². The largest absolute Gasteiger partial charge is 0.0795 e. The van der Waals surface area contributed by atoms with Crippen LogP contribution in [0.3, 0.4) is 0 Å². The topological polar surface area (TPSA) is 0 Å². The Balaban J connectivity index is 2.56. The summed E-state index contributed by atoms with van der Waals surface area (Å²) in [5, 5.41) is 3.02. The maximum absolute atomic E-state index is 2.24. The molecule has 0 heterocycles. The molecule has 0 saturated heterocycles. The number of fused-ring (bicyclic) bond motifs is 3. The van der Waals surface area contributed by atoms with Gasteiger partial charge in [-0.3, -0.25) is 0 Å². The molecule has 3 aliphatic rings. The van der Waals surface area contributed by atoms with Gasteiger partial charge in [-0.2, -0.15) is 0 Å². The van der Waals surface area contributed by atoms with E-state index in [2.05, 4.69) is 24.3 Å². The van der Waals surface area contributed by atoms with Crippen molar-refractivity contribution in [3.05, 3.63) is 39.8 Å². The lowest BCUT2D eigenvalue weighted by Crippen LogP contribution is -1.97. The molecule has 0 atom stereocenters. The molecule has 0 bridgehead atoms. The van der Waals surface area contributed by atoms with Crippen LogP contribution in [0.4, 0.5) is 0 Å². The van der Waals surface area contributed by atoms with Crippen molar-refractivity contribution >= 4 is 6.08 Å². The zero-order valence-electron chi connectivity index (χ0n) is 5.02. The zero-order chi connectivity index (χ0) is 5.84. The summed E-state index contributed by atoms with van der Waals surface area (Å²) in [5.74, 6) is 0. The molecule has 9 heavy (non-hydrogen) atoms. The van der Waals surface area contributed by atoms with E-state index in [-0.39, 0.29) is 0 Å². The van der Waals surface area contributed by atoms with Crippen LogP contribution in [0.1, 0.15) is 11.1 Å². The van der Waals surface area contributed by atoms with E-state index in [0.717, 1.165) is 0 Å². The van der Waals surface area contributed by atoms with Crippen molar-refractivity contribution in [3.8, 4) is 0 Å². The van der Waals surface area contributed by atoms with Crippen molar-refractivity contribution in [2.24, 2.45) is 0 Å². The summed E-state index contributed by atoms with van der Waals surface area (Å²) in [7, 11) is 0. The zero-order valence-corrected chi connectivity index (χ0v) is 5.02. The molecule has 0 fully saturated rings. The second-order valence-corrected chi connectivity index (χ2v) is 2.66. The van der Waals surface area contributed by atoms with Crippen LogP contribution in [0.25, 0.3) is 6.08 Å². The summed E-state index contributed by atoms with van der Waals surface area (Å²) in [5.41, 5.74) is 3.08. The van der Waals surface area contributed by atoms with Crippen LogP contribution in [0.5, 0.6) is 0 Å². The summed E-state index contributed by atoms with van der Waals surface area (Å²) < 4.78 is 0. The fraction of sp³-hybridized carbons (Fsp3) is 0.111. The first-order valence-electron chi connectivity index (χ1n) is 3.29. The van der Waals surface area contributed by atoms with E-state index in [4.69, 9.17) is 0 Å². The predicted molar refractivity (Wildman–Crippen MR) is 36.9 cm³/mol. The van der Waals surface area contributed by atoms with Gasteiger partial charge in [-0.15, -0.1) is 0 Å². The Morgan fingerprint density at radius 2 is 2.00 bits per heavy atom. The van der Waals surface area contributed by atoms with Gasteiger partial charge in [0.2, 0.25) is 0 Å². The first kappa shape index (κ1) is 3.89. The van der Waals surface area contributed by atoms with Crippen LogP contribution in [0, 0.1) is 10.4 Å². The molecule has 0 N–H and O–H groups in total. The number of rotatable bonds is 0. The van der Waals surface area contributed by atoms with Gasteiger partial charge in [-0.25, -0.2) is 0 Å². The van der Waals surface area contributed by atoms with Crippen LogP contribution in [-0.4, -0.2) is 0 Å². The monoisotopic (exact) mass is 114 g/mol. The Labute approximate surface area is 53.1 Å². The van der Waals surface area contributed by atoms with Gasteiger partial charge >= 0.3 is 0 Å². The summed E-state index contributed by atoms with van der Waals surface area (Å²) in [6.07, 6.45) is 5.65.